The molecule has 25 heavy (non-hydrogen) atoms. The molecule has 0 unspecified atom stereocenters. The third-order valence-corrected chi connectivity index (χ3v) is 6.60. The number of rotatable bonds is 4. The molecule has 0 saturated carbocycles. The molecule has 5 rings (SSSR count). The zero-order valence-electron chi connectivity index (χ0n) is 14.6. The van der Waals surface area contributed by atoms with Gasteiger partial charge in [0.2, 0.25) is 0 Å². The number of aromatic nitrogens is 1. The monoisotopic (exact) mass is 357 g/mol. The Morgan fingerprint density at radius 1 is 1.28 bits per heavy atom. The molecule has 5 nitrogen and oxygen atoms in total. The molecule has 0 aliphatic carbocycles. The third-order valence-electron chi connectivity index (χ3n) is 5.55. The fourth-order valence-corrected chi connectivity index (χ4v) is 4.85. The maximum Gasteiger partial charge on any atom is 0.280 e. The van der Waals surface area contributed by atoms with Crippen LogP contribution in [0.2, 0.25) is 0 Å². The number of benzene rings is 1. The molecule has 4 heterocycles. The number of methoxy groups -OCH3 is 1. The van der Waals surface area contributed by atoms with Crippen LogP contribution in [0.15, 0.2) is 30.5 Å². The van der Waals surface area contributed by atoms with Crippen molar-refractivity contribution >= 4 is 17.2 Å². The first-order valence-electron chi connectivity index (χ1n) is 8.81. The molecule has 0 spiro atoms. The summed E-state index contributed by atoms with van der Waals surface area (Å²) in [7, 11) is 1.65. The highest BCUT2D eigenvalue weighted by atomic mass is 32.1. The van der Waals surface area contributed by atoms with Gasteiger partial charge < -0.3 is 10.1 Å². The molecule has 1 amide bonds. The highest BCUT2D eigenvalue weighted by Gasteiger charge is 2.40. The Hall–Kier alpha value is -1.92. The van der Waals surface area contributed by atoms with Crippen LogP contribution in [0.1, 0.15) is 29.6 Å². The van der Waals surface area contributed by atoms with Gasteiger partial charge in [0.15, 0.2) is 5.01 Å². The molecule has 132 valence electrons. The van der Waals surface area contributed by atoms with E-state index in [1.165, 1.54) is 24.2 Å². The molecule has 3 aliphatic heterocycles. The normalized spacial score (nSPS) is 27.9. The Bertz CT molecular complexity index is 748. The second-order valence-corrected chi connectivity index (χ2v) is 7.90. The smallest absolute Gasteiger partial charge is 0.280 e. The largest absolute Gasteiger partial charge is 0.497 e. The number of thiazole rings is 1. The van der Waals surface area contributed by atoms with E-state index in [0.717, 1.165) is 29.3 Å². The van der Waals surface area contributed by atoms with E-state index in [1.807, 2.05) is 24.3 Å². The van der Waals surface area contributed by atoms with E-state index in [2.05, 4.69) is 22.1 Å². The molecule has 1 aromatic carbocycles. The molecule has 3 fully saturated rings. The molecule has 2 bridgehead atoms. The molecule has 1 N–H and O–H groups in total. The first kappa shape index (κ1) is 16.5. The van der Waals surface area contributed by atoms with Gasteiger partial charge in [-0.1, -0.05) is 0 Å². The van der Waals surface area contributed by atoms with Gasteiger partial charge in [0, 0.05) is 18.3 Å². The average molecular weight is 357 g/mol. The fourth-order valence-electron chi connectivity index (χ4n) is 4.03. The predicted octanol–water partition coefficient (Wildman–Crippen LogP) is 3.03. The van der Waals surface area contributed by atoms with E-state index in [0.29, 0.717) is 17.0 Å². The van der Waals surface area contributed by atoms with E-state index in [1.54, 1.807) is 13.3 Å². The fraction of sp³-hybridized carbons (Fsp3) is 0.474. The van der Waals surface area contributed by atoms with Crippen LogP contribution >= 0.6 is 11.3 Å². The van der Waals surface area contributed by atoms with Crippen LogP contribution in [0.5, 0.6) is 5.75 Å². The summed E-state index contributed by atoms with van der Waals surface area (Å²) >= 11 is 1.44. The summed E-state index contributed by atoms with van der Waals surface area (Å²) in [6.45, 7) is 4.55. The van der Waals surface area contributed by atoms with Crippen molar-refractivity contribution in [1.82, 2.24) is 15.2 Å². The van der Waals surface area contributed by atoms with Gasteiger partial charge in [-0.25, -0.2) is 4.98 Å². The topological polar surface area (TPSA) is 54.5 Å². The molecule has 0 radical (unpaired) electrons. The van der Waals surface area contributed by atoms with E-state index >= 15 is 0 Å². The van der Waals surface area contributed by atoms with Crippen LogP contribution in [0.25, 0.3) is 10.4 Å². The van der Waals surface area contributed by atoms with Crippen LogP contribution in [0, 0.1) is 5.92 Å². The summed E-state index contributed by atoms with van der Waals surface area (Å²) in [5.41, 5.74) is 1.05. The minimum atomic E-state index is -0.0460. The predicted molar refractivity (Wildman–Crippen MR) is 99.1 cm³/mol. The molecule has 3 aliphatic rings. The van der Waals surface area contributed by atoms with Crippen molar-refractivity contribution in [2.24, 2.45) is 5.92 Å². The lowest BCUT2D eigenvalue weighted by molar-refractivity contribution is 0.0217. The number of amides is 1. The molecule has 3 saturated heterocycles. The van der Waals surface area contributed by atoms with Crippen molar-refractivity contribution in [3.63, 3.8) is 0 Å². The number of nitrogens with one attached hydrogen (secondary N) is 1. The molecule has 2 atom stereocenters. The van der Waals surface area contributed by atoms with Gasteiger partial charge in [-0.15, -0.1) is 11.3 Å². The van der Waals surface area contributed by atoms with Crippen molar-refractivity contribution in [1.29, 1.82) is 0 Å². The summed E-state index contributed by atoms with van der Waals surface area (Å²) in [5.74, 6) is 1.38. The Morgan fingerprint density at radius 3 is 2.64 bits per heavy atom. The Labute approximate surface area is 152 Å². The summed E-state index contributed by atoms with van der Waals surface area (Å²) in [4.78, 5) is 20.5. The summed E-state index contributed by atoms with van der Waals surface area (Å²) < 4.78 is 5.19. The second kappa shape index (κ2) is 6.77. The van der Waals surface area contributed by atoms with Crippen LogP contribution in [-0.4, -0.2) is 48.1 Å². The lowest BCUT2D eigenvalue weighted by atomic mass is 9.79. The third kappa shape index (κ3) is 3.16. The highest BCUT2D eigenvalue weighted by molar-refractivity contribution is 7.16. The Morgan fingerprint density at radius 2 is 2.00 bits per heavy atom. The van der Waals surface area contributed by atoms with Gasteiger partial charge in [-0.3, -0.25) is 9.69 Å². The molecule has 1 aromatic heterocycles. The van der Waals surface area contributed by atoms with Gasteiger partial charge >= 0.3 is 0 Å². The van der Waals surface area contributed by atoms with E-state index in [-0.39, 0.29) is 11.9 Å². The number of nitrogens with zero attached hydrogens (tertiary/aromatic N) is 2. The maximum absolute atomic E-state index is 12.7. The van der Waals surface area contributed by atoms with Crippen LogP contribution < -0.4 is 10.1 Å². The average Bonchev–Trinajstić information content (AvgIpc) is 3.15. The summed E-state index contributed by atoms with van der Waals surface area (Å²) in [5, 5.41) is 3.78. The number of piperidine rings is 3. The Kier molecular flexibility index (Phi) is 4.48. The van der Waals surface area contributed by atoms with Crippen LogP contribution in [0.4, 0.5) is 0 Å². The first-order valence-corrected chi connectivity index (χ1v) is 9.62. The first-order chi connectivity index (χ1) is 12.2. The van der Waals surface area contributed by atoms with Crippen molar-refractivity contribution in [2.45, 2.75) is 31.8 Å². The highest BCUT2D eigenvalue weighted by Crippen LogP contribution is 2.33. The number of hydrogen-bond acceptors (Lipinski definition) is 5. The van der Waals surface area contributed by atoms with Crippen LogP contribution in [-0.2, 0) is 0 Å². The maximum atomic E-state index is 12.7. The standard InChI is InChI=1S/C19H23N3O2S/c1-12-17(14-7-9-22(12)10-8-14)21-18(23)19-20-11-16(25-19)13-3-5-15(24-2)6-4-13/h3-6,11-12,14,17H,7-10H2,1-2H3,(H,21,23)/t12-,17-/m0/s1. The zero-order valence-corrected chi connectivity index (χ0v) is 15.4. The number of hydrogen-bond donors (Lipinski definition) is 1. The van der Waals surface area contributed by atoms with Crippen LogP contribution in [0.3, 0.4) is 0 Å². The minimum absolute atomic E-state index is 0.0460. The van der Waals surface area contributed by atoms with Gasteiger partial charge in [-0.05, 0) is 68.6 Å². The number of fused-ring (bicyclic) bond motifs is 3. The zero-order chi connectivity index (χ0) is 17.4. The second-order valence-electron chi connectivity index (χ2n) is 6.87. The number of ether oxygens (including phenoxy) is 1. The van der Waals surface area contributed by atoms with Crippen molar-refractivity contribution in [3.05, 3.63) is 35.5 Å². The number of carbonyl (C=O) groups excluding carboxylic acids is 1. The van der Waals surface area contributed by atoms with Gasteiger partial charge in [0.1, 0.15) is 5.75 Å². The molecular formula is C19H23N3O2S. The molecular weight excluding hydrogens is 334 g/mol. The van der Waals surface area contributed by atoms with Gasteiger partial charge in [0.05, 0.1) is 12.0 Å². The van der Waals surface area contributed by atoms with Gasteiger partial charge in [-0.2, -0.15) is 0 Å². The lowest BCUT2D eigenvalue weighted by Gasteiger charge is -2.49. The van der Waals surface area contributed by atoms with Crippen molar-refractivity contribution in [2.75, 3.05) is 20.2 Å². The number of carbonyl (C=O) groups is 1. The molecule has 6 heteroatoms. The Balaban J connectivity index is 1.47. The van der Waals surface area contributed by atoms with E-state index < -0.39 is 0 Å². The molecule has 2 aromatic rings. The lowest BCUT2D eigenvalue weighted by Crippen LogP contribution is -2.62. The SMILES string of the molecule is COc1ccc(-c2cnc(C(=O)N[C@@H]3C4CCN(CC4)[C@H]3C)s2)cc1. The van der Waals surface area contributed by atoms with E-state index in [9.17, 15) is 4.79 Å². The van der Waals surface area contributed by atoms with E-state index in [4.69, 9.17) is 4.74 Å². The van der Waals surface area contributed by atoms with Crippen molar-refractivity contribution < 1.29 is 9.53 Å². The quantitative estimate of drug-likeness (QED) is 0.914. The summed E-state index contributed by atoms with van der Waals surface area (Å²) in [6.07, 6.45) is 4.15. The minimum Gasteiger partial charge on any atom is -0.497 e. The summed E-state index contributed by atoms with van der Waals surface area (Å²) in [6, 6.07) is 8.47. The van der Waals surface area contributed by atoms with Crippen molar-refractivity contribution in [3.8, 4) is 16.2 Å². The van der Waals surface area contributed by atoms with Gasteiger partial charge in [0.25, 0.3) is 5.91 Å².